The molecule has 0 N–H and O–H groups in total. The van der Waals surface area contributed by atoms with E-state index in [9.17, 15) is 4.79 Å². The van der Waals surface area contributed by atoms with Crippen molar-refractivity contribution in [1.29, 1.82) is 0 Å². The van der Waals surface area contributed by atoms with Gasteiger partial charge in [-0.1, -0.05) is 23.7 Å². The van der Waals surface area contributed by atoms with Crippen molar-refractivity contribution in [3.8, 4) is 5.75 Å². The van der Waals surface area contributed by atoms with E-state index in [4.69, 9.17) is 16.3 Å². The van der Waals surface area contributed by atoms with Crippen molar-refractivity contribution < 1.29 is 9.53 Å². The van der Waals surface area contributed by atoms with E-state index in [1.807, 2.05) is 29.2 Å². The molecule has 29 heavy (non-hydrogen) atoms. The molecule has 1 amide bonds. The third-order valence-corrected chi connectivity index (χ3v) is 6.00. The van der Waals surface area contributed by atoms with Gasteiger partial charge < -0.3 is 9.64 Å². The molecule has 1 aliphatic heterocycles. The minimum Gasteiger partial charge on any atom is -0.497 e. The summed E-state index contributed by atoms with van der Waals surface area (Å²) >= 11 is 6.27. The number of piperazine rings is 1. The SMILES string of the molecule is COc1cccc(C(C)N2CCN(C(=O)c3ccc(Cl)c4cccnc34)CC2)c1. The van der Waals surface area contributed by atoms with Crippen LogP contribution < -0.4 is 4.74 Å². The van der Waals surface area contributed by atoms with E-state index in [0.717, 1.165) is 24.2 Å². The van der Waals surface area contributed by atoms with Crippen LogP contribution in [0.3, 0.4) is 0 Å². The number of rotatable bonds is 4. The minimum atomic E-state index is 0.0130. The van der Waals surface area contributed by atoms with Gasteiger partial charge in [-0.2, -0.15) is 0 Å². The zero-order chi connectivity index (χ0) is 20.4. The van der Waals surface area contributed by atoms with Crippen LogP contribution in [-0.4, -0.2) is 54.0 Å². The van der Waals surface area contributed by atoms with Crippen LogP contribution >= 0.6 is 11.6 Å². The zero-order valence-corrected chi connectivity index (χ0v) is 17.4. The Bertz CT molecular complexity index is 1030. The van der Waals surface area contributed by atoms with Gasteiger partial charge >= 0.3 is 0 Å². The van der Waals surface area contributed by atoms with Crippen LogP contribution in [0, 0.1) is 0 Å². The van der Waals surface area contributed by atoms with Crippen LogP contribution in [-0.2, 0) is 0 Å². The van der Waals surface area contributed by atoms with Crippen molar-refractivity contribution in [2.75, 3.05) is 33.3 Å². The number of carbonyl (C=O) groups excluding carboxylic acids is 1. The number of hydrogen-bond acceptors (Lipinski definition) is 4. The second-order valence-electron chi connectivity index (χ2n) is 7.28. The summed E-state index contributed by atoms with van der Waals surface area (Å²) in [6, 6.07) is 15.7. The summed E-state index contributed by atoms with van der Waals surface area (Å²) in [4.78, 5) is 21.9. The molecule has 0 bridgehead atoms. The third kappa shape index (κ3) is 3.93. The number of aromatic nitrogens is 1. The summed E-state index contributed by atoms with van der Waals surface area (Å²) in [5.41, 5.74) is 2.49. The lowest BCUT2D eigenvalue weighted by molar-refractivity contribution is 0.0583. The van der Waals surface area contributed by atoms with Gasteiger partial charge in [-0.15, -0.1) is 0 Å². The largest absolute Gasteiger partial charge is 0.497 e. The van der Waals surface area contributed by atoms with Crippen LogP contribution in [0.25, 0.3) is 10.9 Å². The Morgan fingerprint density at radius 2 is 1.90 bits per heavy atom. The molecule has 3 aromatic rings. The first-order valence-electron chi connectivity index (χ1n) is 9.79. The zero-order valence-electron chi connectivity index (χ0n) is 16.6. The highest BCUT2D eigenvalue weighted by Gasteiger charge is 2.26. The summed E-state index contributed by atoms with van der Waals surface area (Å²) in [5.74, 6) is 0.879. The van der Waals surface area contributed by atoms with Gasteiger partial charge in [0.1, 0.15) is 5.75 Å². The van der Waals surface area contributed by atoms with E-state index in [1.54, 1.807) is 25.4 Å². The van der Waals surface area contributed by atoms with Gasteiger partial charge in [0.15, 0.2) is 0 Å². The molecular formula is C23H24ClN3O2. The Labute approximate surface area is 175 Å². The molecule has 1 unspecified atom stereocenters. The van der Waals surface area contributed by atoms with Crippen molar-refractivity contribution in [2.45, 2.75) is 13.0 Å². The van der Waals surface area contributed by atoms with Gasteiger partial charge in [0.2, 0.25) is 0 Å². The molecule has 0 radical (unpaired) electrons. The number of amides is 1. The van der Waals surface area contributed by atoms with Crippen LogP contribution in [0.1, 0.15) is 28.9 Å². The smallest absolute Gasteiger partial charge is 0.256 e. The van der Waals surface area contributed by atoms with Crippen molar-refractivity contribution in [3.63, 3.8) is 0 Å². The van der Waals surface area contributed by atoms with E-state index in [0.29, 0.717) is 29.2 Å². The number of nitrogens with zero attached hydrogens (tertiary/aromatic N) is 3. The number of carbonyl (C=O) groups is 1. The van der Waals surface area contributed by atoms with E-state index in [-0.39, 0.29) is 11.9 Å². The highest BCUT2D eigenvalue weighted by Crippen LogP contribution is 2.28. The van der Waals surface area contributed by atoms with Crippen molar-refractivity contribution in [3.05, 3.63) is 70.9 Å². The lowest BCUT2D eigenvalue weighted by Crippen LogP contribution is -2.49. The highest BCUT2D eigenvalue weighted by atomic mass is 35.5. The van der Waals surface area contributed by atoms with Crippen molar-refractivity contribution >= 4 is 28.4 Å². The fraction of sp³-hybridized carbons (Fsp3) is 0.304. The highest BCUT2D eigenvalue weighted by molar-refractivity contribution is 6.36. The lowest BCUT2D eigenvalue weighted by atomic mass is 10.0. The number of fused-ring (bicyclic) bond motifs is 1. The quantitative estimate of drug-likeness (QED) is 0.640. The average Bonchev–Trinajstić information content (AvgIpc) is 2.79. The number of ether oxygens (including phenoxy) is 1. The van der Waals surface area contributed by atoms with Gasteiger partial charge in [0.05, 0.1) is 23.2 Å². The lowest BCUT2D eigenvalue weighted by Gasteiger charge is -2.38. The molecule has 2 aromatic carbocycles. The molecule has 4 rings (SSSR count). The first kappa shape index (κ1) is 19.7. The van der Waals surface area contributed by atoms with Crippen LogP contribution in [0.15, 0.2) is 54.7 Å². The average molecular weight is 410 g/mol. The molecule has 1 aliphatic rings. The van der Waals surface area contributed by atoms with Gasteiger partial charge in [-0.3, -0.25) is 14.7 Å². The predicted octanol–water partition coefficient (Wildman–Crippen LogP) is 4.42. The summed E-state index contributed by atoms with van der Waals surface area (Å²) in [7, 11) is 1.68. The van der Waals surface area contributed by atoms with Crippen molar-refractivity contribution in [1.82, 2.24) is 14.8 Å². The molecule has 1 aromatic heterocycles. The molecule has 6 heteroatoms. The van der Waals surface area contributed by atoms with Crippen molar-refractivity contribution in [2.24, 2.45) is 0 Å². The predicted molar refractivity (Wildman–Crippen MR) is 116 cm³/mol. The number of hydrogen-bond donors (Lipinski definition) is 0. The van der Waals surface area contributed by atoms with E-state index in [2.05, 4.69) is 28.9 Å². The Kier molecular flexibility index (Phi) is 5.69. The maximum Gasteiger partial charge on any atom is 0.256 e. The van der Waals surface area contributed by atoms with Crippen LogP contribution in [0.2, 0.25) is 5.02 Å². The summed E-state index contributed by atoms with van der Waals surface area (Å²) < 4.78 is 5.35. The third-order valence-electron chi connectivity index (χ3n) is 5.67. The Hall–Kier alpha value is -2.63. The van der Waals surface area contributed by atoms with E-state index in [1.165, 1.54) is 5.56 Å². The fourth-order valence-corrected chi connectivity index (χ4v) is 4.12. The van der Waals surface area contributed by atoms with E-state index < -0.39 is 0 Å². The molecule has 5 nitrogen and oxygen atoms in total. The maximum absolute atomic E-state index is 13.2. The molecule has 150 valence electrons. The van der Waals surface area contributed by atoms with Crippen LogP contribution in [0.5, 0.6) is 5.75 Å². The standard InChI is InChI=1S/C23H24ClN3O2/c1-16(17-5-3-6-18(15-17)29-2)26-11-13-27(14-12-26)23(28)20-8-9-21(24)19-7-4-10-25-22(19)20/h3-10,15-16H,11-14H2,1-2H3. The van der Waals surface area contributed by atoms with Crippen LogP contribution in [0.4, 0.5) is 0 Å². The fourth-order valence-electron chi connectivity index (χ4n) is 3.91. The number of methoxy groups -OCH3 is 1. The Balaban J connectivity index is 1.47. The van der Waals surface area contributed by atoms with Gasteiger partial charge in [0, 0.05) is 43.8 Å². The van der Waals surface area contributed by atoms with Gasteiger partial charge in [0.25, 0.3) is 5.91 Å². The summed E-state index contributed by atoms with van der Waals surface area (Å²) in [6.45, 7) is 5.21. The molecule has 0 spiro atoms. The summed E-state index contributed by atoms with van der Waals surface area (Å²) in [5, 5.41) is 1.42. The first-order valence-corrected chi connectivity index (χ1v) is 10.2. The molecular weight excluding hydrogens is 386 g/mol. The maximum atomic E-state index is 13.2. The molecule has 0 saturated carbocycles. The van der Waals surface area contributed by atoms with Gasteiger partial charge in [-0.05, 0) is 48.9 Å². The monoisotopic (exact) mass is 409 g/mol. The number of pyridine rings is 1. The van der Waals surface area contributed by atoms with Gasteiger partial charge in [-0.25, -0.2) is 0 Å². The second-order valence-corrected chi connectivity index (χ2v) is 7.68. The Morgan fingerprint density at radius 1 is 1.10 bits per heavy atom. The second kappa shape index (κ2) is 8.39. The molecule has 1 atom stereocenters. The summed E-state index contributed by atoms with van der Waals surface area (Å²) in [6.07, 6.45) is 1.70. The van der Waals surface area contributed by atoms with E-state index >= 15 is 0 Å². The molecule has 2 heterocycles. The topological polar surface area (TPSA) is 45.7 Å². The molecule has 0 aliphatic carbocycles. The number of benzene rings is 2. The first-order chi connectivity index (χ1) is 14.1. The normalized spacial score (nSPS) is 16.0. The minimum absolute atomic E-state index is 0.0130. The molecule has 1 fully saturated rings. The Morgan fingerprint density at radius 3 is 2.66 bits per heavy atom. The number of halogens is 1. The molecule has 1 saturated heterocycles.